The van der Waals surface area contributed by atoms with E-state index in [-0.39, 0.29) is 23.0 Å². The number of nitrogen functional groups attached to an aromatic ring is 1. The van der Waals surface area contributed by atoms with Crippen LogP contribution in [0.1, 0.15) is 52.8 Å². The number of ether oxygens (including phenoxy) is 1. The molecule has 0 radical (unpaired) electrons. The first-order valence-corrected chi connectivity index (χ1v) is 8.73. The van der Waals surface area contributed by atoms with Crippen LogP contribution in [0.5, 0.6) is 5.75 Å². The summed E-state index contributed by atoms with van der Waals surface area (Å²) in [5, 5.41) is 2.17. The molecule has 1 aliphatic carbocycles. The number of aromatic nitrogens is 1. The van der Waals surface area contributed by atoms with Crippen LogP contribution in [0.25, 0.3) is 5.69 Å². The Morgan fingerprint density at radius 3 is 2.54 bits per heavy atom. The number of nitrogens with zero attached hydrogens (tertiary/aromatic N) is 1. The molecule has 7 nitrogen and oxygen atoms in total. The van der Waals surface area contributed by atoms with Crippen LogP contribution in [0.2, 0.25) is 0 Å². The highest BCUT2D eigenvalue weighted by Gasteiger charge is 2.32. The first-order valence-electron chi connectivity index (χ1n) is 8.73. The van der Waals surface area contributed by atoms with Crippen LogP contribution in [0.3, 0.4) is 0 Å². The maximum Gasteiger partial charge on any atom is 0.262 e. The summed E-state index contributed by atoms with van der Waals surface area (Å²) in [6.07, 6.45) is 5.49. The maximum absolute atomic E-state index is 12.6. The Balaban J connectivity index is 1.82. The molecule has 4 rings (SSSR count). The SMILES string of the molecule is Nc1c2c(cc(=O)n1-c1ccccc1OC1CCCCC1)C(=O)NC2=O. The zero-order valence-corrected chi connectivity index (χ0v) is 14.2. The Labute approximate surface area is 149 Å². The molecule has 0 atom stereocenters. The molecule has 0 unspecified atom stereocenters. The zero-order valence-electron chi connectivity index (χ0n) is 14.2. The summed E-state index contributed by atoms with van der Waals surface area (Å²) in [5.41, 5.74) is 6.15. The van der Waals surface area contributed by atoms with Gasteiger partial charge in [0.15, 0.2) is 0 Å². The van der Waals surface area contributed by atoms with Crippen molar-refractivity contribution >= 4 is 17.6 Å². The molecule has 1 fully saturated rings. The van der Waals surface area contributed by atoms with Gasteiger partial charge in [-0.05, 0) is 37.8 Å². The van der Waals surface area contributed by atoms with Crippen molar-refractivity contribution in [2.75, 3.05) is 5.73 Å². The lowest BCUT2D eigenvalue weighted by Gasteiger charge is -2.25. The van der Waals surface area contributed by atoms with Gasteiger partial charge in [0, 0.05) is 6.07 Å². The van der Waals surface area contributed by atoms with E-state index >= 15 is 0 Å². The number of rotatable bonds is 3. The van der Waals surface area contributed by atoms with E-state index in [4.69, 9.17) is 10.5 Å². The quantitative estimate of drug-likeness (QED) is 0.822. The number of imide groups is 1. The van der Waals surface area contributed by atoms with E-state index in [1.165, 1.54) is 11.0 Å². The number of carbonyl (C=O) groups excluding carboxylic acids is 2. The number of nitrogens with two attached hydrogens (primary N) is 1. The average Bonchev–Trinajstić information content (AvgIpc) is 2.91. The normalized spacial score (nSPS) is 17.1. The average molecular weight is 353 g/mol. The van der Waals surface area contributed by atoms with Crippen molar-refractivity contribution in [1.82, 2.24) is 9.88 Å². The summed E-state index contributed by atoms with van der Waals surface area (Å²) < 4.78 is 7.37. The fourth-order valence-corrected chi connectivity index (χ4v) is 3.63. The zero-order chi connectivity index (χ0) is 18.3. The Bertz CT molecular complexity index is 958. The summed E-state index contributed by atoms with van der Waals surface area (Å²) >= 11 is 0. The van der Waals surface area contributed by atoms with Gasteiger partial charge in [-0.15, -0.1) is 0 Å². The number of amides is 2. The van der Waals surface area contributed by atoms with Crippen LogP contribution in [0.15, 0.2) is 35.1 Å². The van der Waals surface area contributed by atoms with Gasteiger partial charge < -0.3 is 10.5 Å². The third kappa shape index (κ3) is 2.65. The van der Waals surface area contributed by atoms with Crippen molar-refractivity contribution in [3.05, 3.63) is 51.8 Å². The van der Waals surface area contributed by atoms with Crippen molar-refractivity contribution in [2.24, 2.45) is 0 Å². The Morgan fingerprint density at radius 2 is 1.77 bits per heavy atom. The molecule has 7 heteroatoms. The van der Waals surface area contributed by atoms with Crippen LogP contribution in [-0.4, -0.2) is 22.5 Å². The number of fused-ring (bicyclic) bond motifs is 1. The standard InChI is InChI=1S/C19H19N3O4/c20-17-16-12(18(24)21-19(16)25)10-15(23)22(17)13-8-4-5-9-14(13)26-11-6-2-1-3-7-11/h4-5,8-11H,1-3,6-7,20H2,(H,21,24,25). The van der Waals surface area contributed by atoms with E-state index in [0.717, 1.165) is 31.7 Å². The van der Waals surface area contributed by atoms with Gasteiger partial charge >= 0.3 is 0 Å². The Hall–Kier alpha value is -3.09. The lowest BCUT2D eigenvalue weighted by molar-refractivity contribution is 0.0880. The molecular formula is C19H19N3O4. The van der Waals surface area contributed by atoms with Gasteiger partial charge in [0.2, 0.25) is 0 Å². The highest BCUT2D eigenvalue weighted by atomic mass is 16.5. The van der Waals surface area contributed by atoms with Crippen molar-refractivity contribution in [2.45, 2.75) is 38.2 Å². The van der Waals surface area contributed by atoms with Crippen molar-refractivity contribution < 1.29 is 14.3 Å². The molecule has 1 saturated carbocycles. The largest absolute Gasteiger partial charge is 0.488 e. The summed E-state index contributed by atoms with van der Waals surface area (Å²) in [4.78, 5) is 36.5. The highest BCUT2D eigenvalue weighted by molar-refractivity contribution is 6.23. The highest BCUT2D eigenvalue weighted by Crippen LogP contribution is 2.30. The number of hydrogen-bond donors (Lipinski definition) is 2. The fourth-order valence-electron chi connectivity index (χ4n) is 3.63. The molecule has 0 saturated heterocycles. The van der Waals surface area contributed by atoms with Gasteiger partial charge in [0.25, 0.3) is 17.4 Å². The summed E-state index contributed by atoms with van der Waals surface area (Å²) in [6, 6.07) is 8.24. The van der Waals surface area contributed by atoms with Gasteiger partial charge in [0.1, 0.15) is 11.6 Å². The van der Waals surface area contributed by atoms with Crippen LogP contribution < -0.4 is 21.3 Å². The number of hydrogen-bond acceptors (Lipinski definition) is 5. The molecule has 1 aromatic carbocycles. The van der Waals surface area contributed by atoms with E-state index in [0.29, 0.717) is 11.4 Å². The predicted molar refractivity (Wildman–Crippen MR) is 95.7 cm³/mol. The topological polar surface area (TPSA) is 103 Å². The predicted octanol–water partition coefficient (Wildman–Crippen LogP) is 2.01. The lowest BCUT2D eigenvalue weighted by atomic mass is 9.98. The second-order valence-electron chi connectivity index (χ2n) is 6.62. The van der Waals surface area contributed by atoms with Crippen molar-refractivity contribution in [3.63, 3.8) is 0 Å². The van der Waals surface area contributed by atoms with E-state index in [9.17, 15) is 14.4 Å². The molecule has 3 N–H and O–H groups in total. The maximum atomic E-state index is 12.6. The molecule has 0 bridgehead atoms. The second kappa shape index (κ2) is 6.33. The molecular weight excluding hydrogens is 334 g/mol. The summed E-state index contributed by atoms with van der Waals surface area (Å²) in [7, 11) is 0. The Kier molecular flexibility index (Phi) is 3.99. The van der Waals surface area contributed by atoms with E-state index in [1.54, 1.807) is 18.2 Å². The summed E-state index contributed by atoms with van der Waals surface area (Å²) in [5.74, 6) is -0.719. The van der Waals surface area contributed by atoms with E-state index in [2.05, 4.69) is 5.32 Å². The smallest absolute Gasteiger partial charge is 0.262 e. The number of benzene rings is 1. The first-order chi connectivity index (χ1) is 12.6. The van der Waals surface area contributed by atoms with Gasteiger partial charge in [0.05, 0.1) is 22.9 Å². The molecule has 26 heavy (non-hydrogen) atoms. The van der Waals surface area contributed by atoms with Crippen molar-refractivity contribution in [3.8, 4) is 11.4 Å². The second-order valence-corrected chi connectivity index (χ2v) is 6.62. The number of carbonyl (C=O) groups is 2. The molecule has 2 heterocycles. The first kappa shape index (κ1) is 16.4. The van der Waals surface area contributed by atoms with Gasteiger partial charge in [-0.1, -0.05) is 18.6 Å². The number of anilines is 1. The van der Waals surface area contributed by atoms with Gasteiger partial charge in [-0.3, -0.25) is 24.3 Å². The van der Waals surface area contributed by atoms with Crippen molar-refractivity contribution in [1.29, 1.82) is 0 Å². The number of pyridine rings is 1. The minimum Gasteiger partial charge on any atom is -0.488 e. The third-order valence-corrected chi connectivity index (χ3v) is 4.91. The van der Waals surface area contributed by atoms with E-state index in [1.807, 2.05) is 6.07 Å². The van der Waals surface area contributed by atoms with Crippen LogP contribution >= 0.6 is 0 Å². The number of nitrogens with one attached hydrogen (secondary N) is 1. The molecule has 2 amide bonds. The third-order valence-electron chi connectivity index (χ3n) is 4.91. The van der Waals surface area contributed by atoms with Gasteiger partial charge in [-0.2, -0.15) is 0 Å². The summed E-state index contributed by atoms with van der Waals surface area (Å²) in [6.45, 7) is 0. The fraction of sp³-hybridized carbons (Fsp3) is 0.316. The van der Waals surface area contributed by atoms with Crippen LogP contribution in [-0.2, 0) is 0 Å². The lowest BCUT2D eigenvalue weighted by Crippen LogP contribution is -2.26. The molecule has 1 aromatic heterocycles. The molecule has 2 aliphatic rings. The minimum absolute atomic E-state index is 0.0134. The van der Waals surface area contributed by atoms with Crippen LogP contribution in [0.4, 0.5) is 5.82 Å². The minimum atomic E-state index is -0.604. The number of para-hydroxylation sites is 2. The Morgan fingerprint density at radius 1 is 1.04 bits per heavy atom. The van der Waals surface area contributed by atoms with Crippen LogP contribution in [0, 0.1) is 0 Å². The molecule has 2 aromatic rings. The van der Waals surface area contributed by atoms with E-state index < -0.39 is 17.4 Å². The molecule has 1 aliphatic heterocycles. The van der Waals surface area contributed by atoms with Gasteiger partial charge in [-0.25, -0.2) is 0 Å². The molecule has 0 spiro atoms. The molecule has 134 valence electrons. The monoisotopic (exact) mass is 353 g/mol.